The summed E-state index contributed by atoms with van der Waals surface area (Å²) in [5, 5.41) is 6.62. The first kappa shape index (κ1) is 14.8. The molecule has 0 aromatic rings. The van der Waals surface area contributed by atoms with Crippen molar-refractivity contribution < 1.29 is 4.79 Å². The highest BCUT2D eigenvalue weighted by Gasteiger charge is 2.25. The molecule has 19 heavy (non-hydrogen) atoms. The number of rotatable bonds is 3. The van der Waals surface area contributed by atoms with E-state index < -0.39 is 0 Å². The molecular weight excluding hydrogens is 238 g/mol. The van der Waals surface area contributed by atoms with Crippen LogP contribution < -0.4 is 10.6 Å². The predicted octanol–water partition coefficient (Wildman–Crippen LogP) is 1.51. The molecule has 4 nitrogen and oxygen atoms in total. The third-order valence-electron chi connectivity index (χ3n) is 4.48. The molecule has 2 fully saturated rings. The van der Waals surface area contributed by atoms with Crippen LogP contribution in [0.5, 0.6) is 0 Å². The van der Waals surface area contributed by atoms with Gasteiger partial charge in [0.25, 0.3) is 0 Å². The van der Waals surface area contributed by atoms with Gasteiger partial charge in [0.1, 0.15) is 0 Å². The molecule has 2 N–H and O–H groups in total. The first-order chi connectivity index (χ1) is 9.16. The van der Waals surface area contributed by atoms with Gasteiger partial charge in [-0.15, -0.1) is 0 Å². The van der Waals surface area contributed by atoms with Crippen LogP contribution in [0.2, 0.25) is 0 Å². The van der Waals surface area contributed by atoms with Crippen molar-refractivity contribution in [3.63, 3.8) is 0 Å². The lowest BCUT2D eigenvalue weighted by Crippen LogP contribution is -2.51. The van der Waals surface area contributed by atoms with Gasteiger partial charge in [-0.2, -0.15) is 0 Å². The number of nitrogens with zero attached hydrogens (tertiary/aromatic N) is 1. The molecule has 0 aromatic heterocycles. The Labute approximate surface area is 117 Å². The van der Waals surface area contributed by atoms with E-state index in [1.165, 1.54) is 19.3 Å². The molecule has 1 amide bonds. The van der Waals surface area contributed by atoms with Gasteiger partial charge < -0.3 is 15.5 Å². The average Bonchev–Trinajstić information content (AvgIpc) is 2.68. The predicted molar refractivity (Wildman–Crippen MR) is 78.1 cm³/mol. The highest BCUT2D eigenvalue weighted by atomic mass is 16.2. The average molecular weight is 267 g/mol. The summed E-state index contributed by atoms with van der Waals surface area (Å²) in [6.45, 7) is 7.70. The Bertz CT molecular complexity index is 277. The zero-order valence-electron chi connectivity index (χ0n) is 12.5. The Kier molecular flexibility index (Phi) is 5.64. The first-order valence-corrected chi connectivity index (χ1v) is 7.94. The van der Waals surface area contributed by atoms with E-state index >= 15 is 0 Å². The second kappa shape index (κ2) is 7.25. The smallest absolute Gasteiger partial charge is 0.237 e. The molecule has 4 heteroatoms. The second-order valence-electron chi connectivity index (χ2n) is 6.27. The van der Waals surface area contributed by atoms with Gasteiger partial charge in [-0.1, -0.05) is 12.8 Å². The standard InChI is InChI=1S/C15H29N3O/c1-12(2)18-10-7-13(8-11-18)17-15(19)14-6-4-3-5-9-16-14/h12-14,16H,3-11H2,1-2H3,(H,17,19). The Hall–Kier alpha value is -0.610. The topological polar surface area (TPSA) is 44.4 Å². The molecule has 1 atom stereocenters. The molecule has 2 saturated heterocycles. The first-order valence-electron chi connectivity index (χ1n) is 7.94. The largest absolute Gasteiger partial charge is 0.352 e. The van der Waals surface area contributed by atoms with Crippen molar-refractivity contribution in [1.29, 1.82) is 0 Å². The highest BCUT2D eigenvalue weighted by Crippen LogP contribution is 2.14. The Morgan fingerprint density at radius 3 is 2.58 bits per heavy atom. The molecule has 2 aliphatic heterocycles. The Morgan fingerprint density at radius 2 is 1.89 bits per heavy atom. The maximum absolute atomic E-state index is 12.2. The van der Waals surface area contributed by atoms with E-state index in [0.717, 1.165) is 38.9 Å². The van der Waals surface area contributed by atoms with Gasteiger partial charge in [0, 0.05) is 25.2 Å². The van der Waals surface area contributed by atoms with E-state index in [0.29, 0.717) is 12.1 Å². The summed E-state index contributed by atoms with van der Waals surface area (Å²) < 4.78 is 0. The molecule has 2 heterocycles. The van der Waals surface area contributed by atoms with E-state index in [1.807, 2.05) is 0 Å². The normalized spacial score (nSPS) is 27.2. The Morgan fingerprint density at radius 1 is 1.16 bits per heavy atom. The molecule has 0 saturated carbocycles. The van der Waals surface area contributed by atoms with E-state index in [1.54, 1.807) is 0 Å². The monoisotopic (exact) mass is 267 g/mol. The Balaban J connectivity index is 1.73. The van der Waals surface area contributed by atoms with Gasteiger partial charge in [-0.25, -0.2) is 0 Å². The fourth-order valence-corrected chi connectivity index (χ4v) is 3.11. The summed E-state index contributed by atoms with van der Waals surface area (Å²) in [7, 11) is 0. The SMILES string of the molecule is CC(C)N1CCC(NC(=O)C2CCCCCN2)CC1. The minimum Gasteiger partial charge on any atom is -0.352 e. The van der Waals surface area contributed by atoms with Gasteiger partial charge >= 0.3 is 0 Å². The number of likely N-dealkylation sites (tertiary alicyclic amines) is 1. The van der Waals surface area contributed by atoms with Crippen molar-refractivity contribution in [1.82, 2.24) is 15.5 Å². The van der Waals surface area contributed by atoms with Crippen LogP contribution in [0.25, 0.3) is 0 Å². The van der Waals surface area contributed by atoms with Crippen LogP contribution in [0.4, 0.5) is 0 Å². The number of amides is 1. The lowest BCUT2D eigenvalue weighted by atomic mass is 10.0. The summed E-state index contributed by atoms with van der Waals surface area (Å²) in [4.78, 5) is 14.7. The van der Waals surface area contributed by atoms with Crippen LogP contribution in [-0.2, 0) is 4.79 Å². The molecular formula is C15H29N3O. The maximum atomic E-state index is 12.2. The summed E-state index contributed by atoms with van der Waals surface area (Å²) in [6.07, 6.45) is 6.82. The van der Waals surface area contributed by atoms with E-state index in [4.69, 9.17) is 0 Å². The van der Waals surface area contributed by atoms with Crippen LogP contribution in [0.15, 0.2) is 0 Å². The lowest BCUT2D eigenvalue weighted by Gasteiger charge is -2.35. The van der Waals surface area contributed by atoms with E-state index in [-0.39, 0.29) is 11.9 Å². The summed E-state index contributed by atoms with van der Waals surface area (Å²) in [5.41, 5.74) is 0. The summed E-state index contributed by atoms with van der Waals surface area (Å²) >= 11 is 0. The van der Waals surface area contributed by atoms with Crippen molar-refractivity contribution >= 4 is 5.91 Å². The minimum absolute atomic E-state index is 0.0469. The van der Waals surface area contributed by atoms with Crippen LogP contribution in [0, 0.1) is 0 Å². The molecule has 1 unspecified atom stereocenters. The van der Waals surface area contributed by atoms with Gasteiger partial charge in [0.2, 0.25) is 5.91 Å². The van der Waals surface area contributed by atoms with Crippen LogP contribution in [0.1, 0.15) is 52.4 Å². The lowest BCUT2D eigenvalue weighted by molar-refractivity contribution is -0.124. The number of carbonyl (C=O) groups excluding carboxylic acids is 1. The second-order valence-corrected chi connectivity index (χ2v) is 6.27. The van der Waals surface area contributed by atoms with E-state index in [9.17, 15) is 4.79 Å². The maximum Gasteiger partial charge on any atom is 0.237 e. The molecule has 2 aliphatic rings. The van der Waals surface area contributed by atoms with Crippen molar-refractivity contribution in [2.75, 3.05) is 19.6 Å². The number of hydrogen-bond donors (Lipinski definition) is 2. The number of carbonyl (C=O) groups is 1. The molecule has 0 radical (unpaired) electrons. The van der Waals surface area contributed by atoms with Crippen molar-refractivity contribution in [3.8, 4) is 0 Å². The molecule has 0 spiro atoms. The fourth-order valence-electron chi connectivity index (χ4n) is 3.11. The molecule has 0 aliphatic carbocycles. The van der Waals surface area contributed by atoms with Crippen molar-refractivity contribution in [2.45, 2.75) is 70.5 Å². The van der Waals surface area contributed by atoms with Gasteiger partial charge in [0.15, 0.2) is 0 Å². The van der Waals surface area contributed by atoms with Crippen LogP contribution in [-0.4, -0.2) is 48.6 Å². The van der Waals surface area contributed by atoms with Crippen LogP contribution in [0.3, 0.4) is 0 Å². The molecule has 0 bridgehead atoms. The summed E-state index contributed by atoms with van der Waals surface area (Å²) in [6, 6.07) is 1.05. The molecule has 2 rings (SSSR count). The van der Waals surface area contributed by atoms with Crippen molar-refractivity contribution in [3.05, 3.63) is 0 Å². The zero-order valence-corrected chi connectivity index (χ0v) is 12.5. The molecule has 110 valence electrons. The summed E-state index contributed by atoms with van der Waals surface area (Å²) in [5.74, 6) is 0.227. The fraction of sp³-hybridized carbons (Fsp3) is 0.933. The number of hydrogen-bond acceptors (Lipinski definition) is 3. The highest BCUT2D eigenvalue weighted by molar-refractivity contribution is 5.82. The third-order valence-corrected chi connectivity index (χ3v) is 4.48. The minimum atomic E-state index is 0.0469. The van der Waals surface area contributed by atoms with E-state index in [2.05, 4.69) is 29.4 Å². The van der Waals surface area contributed by atoms with Crippen molar-refractivity contribution in [2.24, 2.45) is 0 Å². The van der Waals surface area contributed by atoms with Crippen LogP contribution >= 0.6 is 0 Å². The van der Waals surface area contributed by atoms with Gasteiger partial charge in [-0.3, -0.25) is 4.79 Å². The zero-order chi connectivity index (χ0) is 13.7. The third kappa shape index (κ3) is 4.46. The number of nitrogens with one attached hydrogen (secondary N) is 2. The van der Waals surface area contributed by atoms with Gasteiger partial charge in [-0.05, 0) is 46.1 Å². The quantitative estimate of drug-likeness (QED) is 0.814. The molecule has 0 aromatic carbocycles. The number of piperidine rings is 1. The van der Waals surface area contributed by atoms with Gasteiger partial charge in [0.05, 0.1) is 6.04 Å².